The zero-order valence-corrected chi connectivity index (χ0v) is 17.2. The molecule has 10 heteroatoms. The van der Waals surface area contributed by atoms with Crippen LogP contribution in [-0.2, 0) is 11.3 Å². The van der Waals surface area contributed by atoms with Gasteiger partial charge in [0, 0.05) is 17.7 Å². The average Bonchev–Trinajstić information content (AvgIpc) is 3.40. The second-order valence-corrected chi connectivity index (χ2v) is 7.59. The van der Waals surface area contributed by atoms with Crippen molar-refractivity contribution in [2.24, 2.45) is 10.2 Å². The Kier molecular flexibility index (Phi) is 6.22. The van der Waals surface area contributed by atoms with Crippen molar-refractivity contribution in [3.63, 3.8) is 0 Å². The first kappa shape index (κ1) is 21.2. The molecule has 0 bridgehead atoms. The molecule has 1 fully saturated rings. The van der Waals surface area contributed by atoms with Crippen LogP contribution in [0.15, 0.2) is 86.5 Å². The molecule has 32 heavy (non-hydrogen) atoms. The van der Waals surface area contributed by atoms with Crippen LogP contribution in [0.25, 0.3) is 6.08 Å². The summed E-state index contributed by atoms with van der Waals surface area (Å²) in [6.07, 6.45) is 4.40. The summed E-state index contributed by atoms with van der Waals surface area (Å²) in [6, 6.07) is 15.4. The molecule has 4 rings (SSSR count). The van der Waals surface area contributed by atoms with Crippen molar-refractivity contribution < 1.29 is 18.5 Å². The lowest BCUT2D eigenvalue weighted by molar-refractivity contribution is -0.384. The van der Waals surface area contributed by atoms with Gasteiger partial charge in [0.2, 0.25) is 0 Å². The molecule has 3 aromatic rings. The van der Waals surface area contributed by atoms with E-state index in [-0.39, 0.29) is 23.7 Å². The SMILES string of the molecule is O=C1/C(=C/c2ccccc2F)S/C(=N/N=C\c2ccc([N+](=O)[O-])cc2)N1Cc1ccco1. The Balaban J connectivity index is 1.60. The van der Waals surface area contributed by atoms with Gasteiger partial charge in [-0.2, -0.15) is 5.10 Å². The van der Waals surface area contributed by atoms with Crippen molar-refractivity contribution in [2.45, 2.75) is 6.54 Å². The highest BCUT2D eigenvalue weighted by Crippen LogP contribution is 2.34. The van der Waals surface area contributed by atoms with Crippen LogP contribution in [0.3, 0.4) is 0 Å². The van der Waals surface area contributed by atoms with Gasteiger partial charge in [-0.05, 0) is 53.7 Å². The lowest BCUT2D eigenvalue weighted by Gasteiger charge is -2.12. The smallest absolute Gasteiger partial charge is 0.269 e. The van der Waals surface area contributed by atoms with E-state index >= 15 is 0 Å². The molecule has 0 N–H and O–H groups in total. The summed E-state index contributed by atoms with van der Waals surface area (Å²) in [5.74, 6) is -0.232. The van der Waals surface area contributed by atoms with E-state index in [2.05, 4.69) is 10.2 Å². The second kappa shape index (κ2) is 9.40. The first-order valence-electron chi connectivity index (χ1n) is 9.35. The van der Waals surface area contributed by atoms with Gasteiger partial charge in [-0.1, -0.05) is 18.2 Å². The second-order valence-electron chi connectivity index (χ2n) is 6.58. The van der Waals surface area contributed by atoms with E-state index in [9.17, 15) is 19.3 Å². The molecule has 1 aromatic heterocycles. The van der Waals surface area contributed by atoms with Gasteiger partial charge in [-0.15, -0.1) is 5.10 Å². The fourth-order valence-corrected chi connectivity index (χ4v) is 3.77. The molecule has 1 aliphatic rings. The number of nitro benzene ring substituents is 1. The molecule has 8 nitrogen and oxygen atoms in total. The van der Waals surface area contributed by atoms with Crippen LogP contribution < -0.4 is 0 Å². The quantitative estimate of drug-likeness (QED) is 0.232. The number of amidine groups is 1. The number of rotatable bonds is 6. The number of hydrogen-bond acceptors (Lipinski definition) is 7. The maximum absolute atomic E-state index is 14.0. The van der Waals surface area contributed by atoms with Crippen molar-refractivity contribution in [3.8, 4) is 0 Å². The predicted octanol–water partition coefficient (Wildman–Crippen LogP) is 4.83. The van der Waals surface area contributed by atoms with Crippen LogP contribution in [0.1, 0.15) is 16.9 Å². The summed E-state index contributed by atoms with van der Waals surface area (Å²) < 4.78 is 19.4. The number of carbonyl (C=O) groups is 1. The molecule has 0 aliphatic carbocycles. The Hall–Kier alpha value is -4.05. The molecule has 160 valence electrons. The number of benzene rings is 2. The maximum atomic E-state index is 14.0. The first-order chi connectivity index (χ1) is 15.5. The molecular weight excluding hydrogens is 435 g/mol. The van der Waals surface area contributed by atoms with Crippen LogP contribution in [0.2, 0.25) is 0 Å². The Morgan fingerprint density at radius 2 is 1.91 bits per heavy atom. The lowest BCUT2D eigenvalue weighted by Crippen LogP contribution is -2.28. The van der Waals surface area contributed by atoms with Crippen LogP contribution in [-0.4, -0.2) is 27.1 Å². The third-order valence-electron chi connectivity index (χ3n) is 4.43. The van der Waals surface area contributed by atoms with Crippen molar-refractivity contribution in [1.29, 1.82) is 0 Å². The number of halogens is 1. The van der Waals surface area contributed by atoms with Gasteiger partial charge < -0.3 is 4.42 Å². The minimum absolute atomic E-state index is 0.0297. The zero-order valence-electron chi connectivity index (χ0n) is 16.4. The summed E-state index contributed by atoms with van der Waals surface area (Å²) in [7, 11) is 0. The topological polar surface area (TPSA) is 101 Å². The minimum Gasteiger partial charge on any atom is -0.467 e. The van der Waals surface area contributed by atoms with Crippen LogP contribution >= 0.6 is 11.8 Å². The molecule has 2 aromatic carbocycles. The zero-order chi connectivity index (χ0) is 22.5. The third-order valence-corrected chi connectivity index (χ3v) is 5.42. The number of nitrogens with zero attached hydrogens (tertiary/aromatic N) is 4. The van der Waals surface area contributed by atoms with Gasteiger partial charge in [0.15, 0.2) is 5.17 Å². The molecule has 0 radical (unpaired) electrons. The highest BCUT2D eigenvalue weighted by Gasteiger charge is 2.34. The van der Waals surface area contributed by atoms with Gasteiger partial charge in [0.25, 0.3) is 11.6 Å². The number of nitro groups is 1. The van der Waals surface area contributed by atoms with Crippen molar-refractivity contribution in [1.82, 2.24) is 4.90 Å². The van der Waals surface area contributed by atoms with E-state index in [1.807, 2.05) is 0 Å². The highest BCUT2D eigenvalue weighted by molar-refractivity contribution is 8.18. The van der Waals surface area contributed by atoms with E-state index in [1.165, 1.54) is 41.7 Å². The van der Waals surface area contributed by atoms with Gasteiger partial charge in [-0.3, -0.25) is 19.8 Å². The van der Waals surface area contributed by atoms with E-state index < -0.39 is 10.7 Å². The lowest BCUT2D eigenvalue weighted by atomic mass is 10.2. The number of thioether (sulfide) groups is 1. The first-order valence-corrected chi connectivity index (χ1v) is 10.2. The normalized spacial score (nSPS) is 16.5. The van der Waals surface area contributed by atoms with E-state index in [0.717, 1.165) is 11.8 Å². The van der Waals surface area contributed by atoms with Gasteiger partial charge in [0.05, 0.1) is 28.9 Å². The molecule has 0 spiro atoms. The van der Waals surface area contributed by atoms with Crippen molar-refractivity contribution >= 4 is 40.8 Å². The number of carbonyl (C=O) groups excluding carboxylic acids is 1. The predicted molar refractivity (Wildman–Crippen MR) is 119 cm³/mol. The largest absolute Gasteiger partial charge is 0.467 e. The number of non-ortho nitro benzene ring substituents is 1. The molecule has 0 atom stereocenters. The fourth-order valence-electron chi connectivity index (χ4n) is 2.84. The molecule has 1 saturated heterocycles. The van der Waals surface area contributed by atoms with Crippen molar-refractivity contribution in [2.75, 3.05) is 0 Å². The number of hydrogen-bond donors (Lipinski definition) is 0. The molecule has 0 unspecified atom stereocenters. The van der Waals surface area contributed by atoms with E-state index in [1.54, 1.807) is 42.5 Å². The number of amides is 1. The van der Waals surface area contributed by atoms with Crippen molar-refractivity contribution in [3.05, 3.63) is 105 Å². The van der Waals surface area contributed by atoms with Gasteiger partial charge in [0.1, 0.15) is 11.6 Å². The molecular formula is C22H15FN4O4S. The molecule has 0 saturated carbocycles. The Morgan fingerprint density at radius 1 is 1.12 bits per heavy atom. The summed E-state index contributed by atoms with van der Waals surface area (Å²) in [6.45, 7) is 0.138. The minimum atomic E-state index is -0.488. The standard InChI is InChI=1S/C22H15FN4O4S/c23-19-6-2-1-4-16(19)12-20-21(28)26(14-18-5-3-11-31-18)22(32-20)25-24-13-15-7-9-17(10-8-15)27(29)30/h1-13H,14H2/b20-12-,24-13-,25-22+. The Bertz CT molecular complexity index is 1240. The molecule has 1 aliphatic heterocycles. The number of furan rings is 1. The average molecular weight is 450 g/mol. The summed E-state index contributed by atoms with van der Waals surface area (Å²) in [5.41, 5.74) is 0.865. The monoisotopic (exact) mass is 450 g/mol. The maximum Gasteiger partial charge on any atom is 0.269 e. The Morgan fingerprint density at radius 3 is 2.59 bits per heavy atom. The fraction of sp³-hybridized carbons (Fsp3) is 0.0455. The van der Waals surface area contributed by atoms with Crippen LogP contribution in [0, 0.1) is 15.9 Å². The van der Waals surface area contributed by atoms with Crippen LogP contribution in [0.5, 0.6) is 0 Å². The Labute approximate surface area is 185 Å². The van der Waals surface area contributed by atoms with E-state index in [0.29, 0.717) is 21.4 Å². The van der Waals surface area contributed by atoms with Gasteiger partial charge in [-0.25, -0.2) is 4.39 Å². The van der Waals surface area contributed by atoms with Crippen LogP contribution in [0.4, 0.5) is 10.1 Å². The van der Waals surface area contributed by atoms with Gasteiger partial charge >= 0.3 is 0 Å². The third kappa shape index (κ3) is 4.81. The summed E-state index contributed by atoms with van der Waals surface area (Å²) in [5, 5.41) is 19.2. The molecule has 1 amide bonds. The summed E-state index contributed by atoms with van der Waals surface area (Å²) in [4.78, 5) is 24.9. The summed E-state index contributed by atoms with van der Waals surface area (Å²) >= 11 is 1.07. The molecule has 2 heterocycles. The van der Waals surface area contributed by atoms with E-state index in [4.69, 9.17) is 4.42 Å². The highest BCUT2D eigenvalue weighted by atomic mass is 32.2.